The Morgan fingerprint density at radius 1 is 1.08 bits per heavy atom. The fraction of sp³-hybridized carbons (Fsp3) is 0.710. The van der Waals surface area contributed by atoms with Gasteiger partial charge in [-0.3, -0.25) is 4.98 Å². The minimum absolute atomic E-state index is 0.0343. The first kappa shape index (κ1) is 29.3. The number of alkyl halides is 3. The van der Waals surface area contributed by atoms with Gasteiger partial charge in [-0.25, -0.2) is 0 Å². The molecular weight excluding hydrogens is 535 g/mol. The van der Waals surface area contributed by atoms with Gasteiger partial charge in [-0.2, -0.15) is 13.2 Å². The van der Waals surface area contributed by atoms with Crippen molar-refractivity contribution in [2.75, 3.05) is 0 Å². The maximum absolute atomic E-state index is 13.6. The lowest BCUT2D eigenvalue weighted by atomic mass is 9.70. The van der Waals surface area contributed by atoms with Gasteiger partial charge >= 0.3 is 6.18 Å². The molecule has 0 saturated heterocycles. The molecule has 0 bridgehead atoms. The normalized spacial score (nSPS) is 24.4. The van der Waals surface area contributed by atoms with Crippen LogP contribution in [0.4, 0.5) is 13.2 Å². The van der Waals surface area contributed by atoms with E-state index in [-0.39, 0.29) is 22.5 Å². The van der Waals surface area contributed by atoms with E-state index in [1.54, 1.807) is 6.07 Å². The number of aromatic nitrogens is 1. The van der Waals surface area contributed by atoms with Gasteiger partial charge in [0.25, 0.3) is 0 Å². The van der Waals surface area contributed by atoms with Crippen molar-refractivity contribution < 1.29 is 22.3 Å². The van der Waals surface area contributed by atoms with Gasteiger partial charge in [0.15, 0.2) is 0 Å². The molecule has 3 heterocycles. The zero-order chi connectivity index (χ0) is 28.8. The Hall–Kier alpha value is -1.22. The Kier molecular flexibility index (Phi) is 7.05. The van der Waals surface area contributed by atoms with E-state index in [4.69, 9.17) is 14.1 Å². The quantitative estimate of drug-likeness (QED) is 0.338. The number of rotatable bonds is 4. The maximum atomic E-state index is 13.6. The van der Waals surface area contributed by atoms with Gasteiger partial charge in [0.1, 0.15) is 11.0 Å². The fourth-order valence-electron chi connectivity index (χ4n) is 6.63. The van der Waals surface area contributed by atoms with Crippen LogP contribution in [0.15, 0.2) is 12.1 Å². The maximum Gasteiger partial charge on any atom is 0.425 e. The molecule has 1 saturated carbocycles. The van der Waals surface area contributed by atoms with Crippen LogP contribution in [-0.4, -0.2) is 13.3 Å². The number of hydrogen-bond donors (Lipinski definition) is 0. The van der Waals surface area contributed by atoms with E-state index >= 15 is 0 Å². The smallest absolute Gasteiger partial charge is 0.425 e. The lowest BCUT2D eigenvalue weighted by molar-refractivity contribution is -0.134. The average Bonchev–Trinajstić information content (AvgIpc) is 3.51. The monoisotopic (exact) mass is 579 g/mol. The summed E-state index contributed by atoms with van der Waals surface area (Å²) >= 11 is 0.812. The predicted molar refractivity (Wildman–Crippen MR) is 154 cm³/mol. The van der Waals surface area contributed by atoms with Crippen molar-refractivity contribution in [2.24, 2.45) is 5.41 Å². The summed E-state index contributed by atoms with van der Waals surface area (Å²) in [5.74, 6) is 0.124. The van der Waals surface area contributed by atoms with Crippen molar-refractivity contribution in [3.63, 3.8) is 0 Å². The number of pyridine rings is 1. The molecule has 0 unspecified atom stereocenters. The van der Waals surface area contributed by atoms with Crippen molar-refractivity contribution in [2.45, 2.75) is 135 Å². The van der Waals surface area contributed by atoms with Crippen LogP contribution in [0.25, 0.3) is 0 Å². The second-order valence-electron chi connectivity index (χ2n) is 14.6. The van der Waals surface area contributed by atoms with Gasteiger partial charge in [-0.1, -0.05) is 61.3 Å². The molecule has 0 radical (unpaired) electrons. The van der Waals surface area contributed by atoms with Gasteiger partial charge in [0, 0.05) is 33.5 Å². The Morgan fingerprint density at radius 2 is 1.72 bits per heavy atom. The van der Waals surface area contributed by atoms with Crippen molar-refractivity contribution in [3.8, 4) is 0 Å². The third kappa shape index (κ3) is 5.06. The average molecular weight is 580 g/mol. The van der Waals surface area contributed by atoms with Gasteiger partial charge in [0.05, 0.1) is 5.60 Å². The summed E-state index contributed by atoms with van der Waals surface area (Å²) in [4.78, 5) is 5.39. The molecule has 39 heavy (non-hydrogen) atoms. The summed E-state index contributed by atoms with van der Waals surface area (Å²) in [7, 11) is -2.13. The van der Waals surface area contributed by atoms with Crippen LogP contribution in [0.5, 0.6) is 0 Å². The van der Waals surface area contributed by atoms with Gasteiger partial charge in [-0.05, 0) is 63.0 Å². The molecule has 2 aromatic rings. The molecule has 0 N–H and O–H groups in total. The Balaban J connectivity index is 1.76. The van der Waals surface area contributed by atoms with E-state index in [9.17, 15) is 13.2 Å². The number of hydrogen-bond acceptors (Lipinski definition) is 4. The predicted octanol–water partition coefficient (Wildman–Crippen LogP) is 10.2. The number of halogens is 3. The van der Waals surface area contributed by atoms with E-state index in [0.717, 1.165) is 66.8 Å². The first-order chi connectivity index (χ1) is 17.9. The van der Waals surface area contributed by atoms with Crippen LogP contribution < -0.4 is 0 Å². The van der Waals surface area contributed by atoms with Gasteiger partial charge in [-0.15, -0.1) is 29.5 Å². The first-order valence-electron chi connectivity index (χ1n) is 14.4. The summed E-state index contributed by atoms with van der Waals surface area (Å²) in [6, 6.07) is 2.82. The summed E-state index contributed by atoms with van der Waals surface area (Å²) in [5.41, 5.74) is 5.04. The van der Waals surface area contributed by atoms with Crippen molar-refractivity contribution in [1.82, 2.24) is 4.98 Å². The van der Waals surface area contributed by atoms with E-state index < -0.39 is 31.1 Å². The molecule has 0 aromatic carbocycles. The van der Waals surface area contributed by atoms with E-state index in [2.05, 4.69) is 61.6 Å². The molecular formula is C31H44F3NO2SSi-. The second-order valence-corrected chi connectivity index (χ2v) is 20.5. The molecule has 2 aliphatic carbocycles. The molecule has 8 heteroatoms. The highest BCUT2D eigenvalue weighted by molar-refractivity contribution is 7.12. The van der Waals surface area contributed by atoms with Crippen LogP contribution in [0.1, 0.15) is 137 Å². The molecule has 1 fully saturated rings. The standard InChI is InChI=1S/C31H44F3NO2SSi/c1-18(2)26-24-25(23-19(35-26)16-29(6,7)17-20(23)37-39(8,9)28(3,4)5)30(14-10-11-15-30)36-27(24)21-12-13-22(38-21)31(32,33)34/h12-13,18,20,27H,10-11,14-17H2,1-9H3/q-1/t20-,27+/m0/s1. The first-order valence-corrected chi connectivity index (χ1v) is 18.2. The summed E-state index contributed by atoms with van der Waals surface area (Å²) in [6.07, 6.45) is 0.660. The molecule has 217 valence electrons. The highest BCUT2D eigenvalue weighted by Crippen LogP contribution is 2.61. The third-order valence-electron chi connectivity index (χ3n) is 9.51. The highest BCUT2D eigenvalue weighted by Gasteiger charge is 2.53. The van der Waals surface area contributed by atoms with Crippen LogP contribution in [0.2, 0.25) is 18.1 Å². The molecule has 3 nitrogen and oxygen atoms in total. The van der Waals surface area contributed by atoms with Crippen LogP contribution >= 0.6 is 11.3 Å². The number of fused-ring (bicyclic) bond motifs is 4. The molecule has 3 aliphatic rings. The largest absolute Gasteiger partial charge is 0.559 e. The molecule has 2 aromatic heterocycles. The van der Waals surface area contributed by atoms with Crippen LogP contribution in [0.3, 0.4) is 0 Å². The number of nitrogens with zero attached hydrogens (tertiary/aromatic N) is 1. The minimum Gasteiger partial charge on any atom is -0.559 e. The summed E-state index contributed by atoms with van der Waals surface area (Å²) in [5, 5.41) is 0.0538. The number of ether oxygens (including phenoxy) is 1. The number of thiophene rings is 1. The zero-order valence-corrected chi connectivity index (χ0v) is 26.8. The topological polar surface area (TPSA) is 31.4 Å². The molecule has 1 aliphatic heterocycles. The lowest BCUT2D eigenvalue weighted by Crippen LogP contribution is -2.44. The fourth-order valence-corrected chi connectivity index (χ4v) is 8.81. The Bertz CT molecular complexity index is 1250. The molecule has 0 amide bonds. The lowest BCUT2D eigenvalue weighted by Gasteiger charge is -2.53. The minimum atomic E-state index is -4.36. The van der Waals surface area contributed by atoms with Gasteiger partial charge < -0.3 is 9.16 Å². The summed E-state index contributed by atoms with van der Waals surface area (Å²) in [6.45, 7) is 20.3. The summed E-state index contributed by atoms with van der Waals surface area (Å²) < 4.78 is 55.1. The third-order valence-corrected chi connectivity index (χ3v) is 15.2. The molecule has 1 spiro atoms. The van der Waals surface area contributed by atoms with E-state index in [1.165, 1.54) is 17.2 Å². The molecule has 2 atom stereocenters. The van der Waals surface area contributed by atoms with E-state index in [1.807, 2.05) is 0 Å². The van der Waals surface area contributed by atoms with Crippen molar-refractivity contribution in [3.05, 3.63) is 50.0 Å². The Morgan fingerprint density at radius 3 is 2.26 bits per heavy atom. The van der Waals surface area contributed by atoms with Crippen molar-refractivity contribution in [1.29, 1.82) is 0 Å². The van der Waals surface area contributed by atoms with E-state index in [0.29, 0.717) is 4.88 Å². The Labute approximate surface area is 237 Å². The highest BCUT2D eigenvalue weighted by atomic mass is 32.1. The van der Waals surface area contributed by atoms with Gasteiger partial charge in [0.2, 0.25) is 0 Å². The molecule has 5 rings (SSSR count). The van der Waals surface area contributed by atoms with Crippen LogP contribution in [0, 0.1) is 5.41 Å². The second kappa shape index (κ2) is 9.40. The van der Waals surface area contributed by atoms with Crippen LogP contribution in [-0.2, 0) is 27.4 Å². The zero-order valence-electron chi connectivity index (χ0n) is 24.9. The SMILES string of the molecule is CC(C)c1nc2c(c3c1[C@@H](c1ccc(C(F)(F)F)s1)OC31CCCC1)[C@@H](O[Si-](C)(C)C(C)(C)C)CC(C)(C)C2. The van der Waals surface area contributed by atoms with Crippen molar-refractivity contribution >= 4 is 19.7 Å².